The van der Waals surface area contributed by atoms with Crippen molar-refractivity contribution in [3.63, 3.8) is 0 Å². The van der Waals surface area contributed by atoms with E-state index in [0.717, 1.165) is 16.5 Å². The summed E-state index contributed by atoms with van der Waals surface area (Å²) in [5.74, 6) is -1.13. The van der Waals surface area contributed by atoms with Crippen LogP contribution in [0.25, 0.3) is 6.08 Å². The van der Waals surface area contributed by atoms with E-state index in [1.54, 1.807) is 39.0 Å². The van der Waals surface area contributed by atoms with Gasteiger partial charge >= 0.3 is 24.4 Å². The summed E-state index contributed by atoms with van der Waals surface area (Å²) < 4.78 is 85.8. The van der Waals surface area contributed by atoms with Crippen molar-refractivity contribution in [2.75, 3.05) is 0 Å². The molecular formula is C26H25F6NO4. The molecule has 0 spiro atoms. The maximum atomic E-state index is 13.4. The maximum Gasteiger partial charge on any atom is 0.416 e. The maximum absolute atomic E-state index is 13.4. The van der Waals surface area contributed by atoms with Gasteiger partial charge in [0.25, 0.3) is 0 Å². The summed E-state index contributed by atoms with van der Waals surface area (Å²) in [5.41, 5.74) is -2.22. The number of fused-ring (bicyclic) bond motifs is 1. The first-order valence-corrected chi connectivity index (χ1v) is 11.3. The minimum absolute atomic E-state index is 0.0400. The van der Waals surface area contributed by atoms with Gasteiger partial charge in [0.05, 0.1) is 17.2 Å². The number of carbonyl (C=O) groups is 2. The van der Waals surface area contributed by atoms with Crippen LogP contribution in [-0.2, 0) is 34.8 Å². The van der Waals surface area contributed by atoms with Gasteiger partial charge in [-0.1, -0.05) is 18.2 Å². The molecule has 5 nitrogen and oxygen atoms in total. The number of halogens is 6. The van der Waals surface area contributed by atoms with E-state index in [1.165, 1.54) is 6.08 Å². The average molecular weight is 529 g/mol. The van der Waals surface area contributed by atoms with Gasteiger partial charge in [-0.2, -0.15) is 26.3 Å². The van der Waals surface area contributed by atoms with E-state index in [4.69, 9.17) is 9.84 Å². The average Bonchev–Trinajstić information content (AvgIpc) is 3.16. The second kappa shape index (κ2) is 10.1. The number of rotatable bonds is 5. The molecule has 1 unspecified atom stereocenters. The van der Waals surface area contributed by atoms with Gasteiger partial charge in [0.2, 0.25) is 0 Å². The second-order valence-corrected chi connectivity index (χ2v) is 9.71. The highest BCUT2D eigenvalue weighted by atomic mass is 19.4. The van der Waals surface area contributed by atoms with Crippen molar-refractivity contribution < 1.29 is 45.8 Å². The van der Waals surface area contributed by atoms with Crippen molar-refractivity contribution in [2.45, 2.75) is 64.2 Å². The molecule has 0 radical (unpaired) electrons. The minimum atomic E-state index is -5.02. The predicted molar refractivity (Wildman–Crippen MR) is 122 cm³/mol. The number of hydrogen-bond acceptors (Lipinski definition) is 3. The van der Waals surface area contributed by atoms with Crippen LogP contribution in [0.5, 0.6) is 0 Å². The monoisotopic (exact) mass is 529 g/mol. The predicted octanol–water partition coefficient (Wildman–Crippen LogP) is 7.25. The molecule has 0 bridgehead atoms. The van der Waals surface area contributed by atoms with E-state index < -0.39 is 53.7 Å². The van der Waals surface area contributed by atoms with Crippen LogP contribution in [0.1, 0.15) is 66.6 Å². The summed E-state index contributed by atoms with van der Waals surface area (Å²) in [5, 5.41) is 8.83. The Labute approximate surface area is 209 Å². The van der Waals surface area contributed by atoms with E-state index in [-0.39, 0.29) is 11.6 Å². The van der Waals surface area contributed by atoms with Crippen LogP contribution in [0.3, 0.4) is 0 Å². The molecule has 11 heteroatoms. The molecule has 1 amide bonds. The fourth-order valence-electron chi connectivity index (χ4n) is 4.14. The molecule has 0 aliphatic heterocycles. The number of nitrogens with zero attached hydrogens (tertiary/aromatic N) is 1. The molecule has 0 fully saturated rings. The summed E-state index contributed by atoms with van der Waals surface area (Å²) in [6.07, 6.45) is -7.75. The summed E-state index contributed by atoms with van der Waals surface area (Å²) in [6.45, 7) is 4.24. The molecule has 0 saturated heterocycles. The third-order valence-electron chi connectivity index (χ3n) is 5.64. The van der Waals surface area contributed by atoms with Crippen molar-refractivity contribution in [3.05, 3.63) is 75.9 Å². The lowest BCUT2D eigenvalue weighted by molar-refractivity contribution is -0.143. The zero-order valence-electron chi connectivity index (χ0n) is 20.2. The molecule has 1 N–H and O–H groups in total. The lowest BCUT2D eigenvalue weighted by atomic mass is 10.0. The molecule has 200 valence electrons. The van der Waals surface area contributed by atoms with Gasteiger partial charge in [0.1, 0.15) is 5.60 Å². The summed E-state index contributed by atoms with van der Waals surface area (Å²) in [4.78, 5) is 25.1. The minimum Gasteiger partial charge on any atom is -0.478 e. The van der Waals surface area contributed by atoms with Gasteiger partial charge in [-0.3, -0.25) is 4.90 Å². The van der Waals surface area contributed by atoms with Crippen LogP contribution in [0.15, 0.2) is 42.5 Å². The quantitative estimate of drug-likeness (QED) is 0.327. The van der Waals surface area contributed by atoms with Crippen LogP contribution in [0.4, 0.5) is 31.1 Å². The molecule has 2 aromatic carbocycles. The lowest BCUT2D eigenvalue weighted by Crippen LogP contribution is -2.38. The number of carboxylic acids is 1. The van der Waals surface area contributed by atoms with Crippen LogP contribution in [0, 0.1) is 0 Å². The van der Waals surface area contributed by atoms with Crippen molar-refractivity contribution in [2.24, 2.45) is 0 Å². The van der Waals surface area contributed by atoms with Gasteiger partial charge in [-0.05, 0) is 80.1 Å². The SMILES string of the molecule is CC(C)(C)OC(=O)N(Cc1cc(C(F)(F)F)cc(C(F)(F)F)c1)C1CCc2cc(/C=C/C(=O)O)ccc21. The molecule has 1 aliphatic rings. The summed E-state index contributed by atoms with van der Waals surface area (Å²) in [7, 11) is 0. The number of carboxylic acid groups (broad SMARTS) is 1. The molecule has 0 saturated carbocycles. The Morgan fingerprint density at radius 3 is 2.11 bits per heavy atom. The van der Waals surface area contributed by atoms with E-state index in [0.29, 0.717) is 36.1 Å². The van der Waals surface area contributed by atoms with Crippen LogP contribution in [-0.4, -0.2) is 27.7 Å². The van der Waals surface area contributed by atoms with Gasteiger partial charge in [-0.15, -0.1) is 0 Å². The Balaban J connectivity index is 2.04. The van der Waals surface area contributed by atoms with Crippen LogP contribution >= 0.6 is 0 Å². The largest absolute Gasteiger partial charge is 0.478 e. The number of hydrogen-bond donors (Lipinski definition) is 1. The number of alkyl halides is 6. The zero-order valence-corrected chi connectivity index (χ0v) is 20.2. The highest BCUT2D eigenvalue weighted by Gasteiger charge is 2.38. The van der Waals surface area contributed by atoms with Crippen molar-refractivity contribution in [1.29, 1.82) is 0 Å². The number of amides is 1. The Bertz CT molecular complexity index is 1180. The number of aryl methyl sites for hydroxylation is 1. The molecular weight excluding hydrogens is 504 g/mol. The Kier molecular flexibility index (Phi) is 7.67. The summed E-state index contributed by atoms with van der Waals surface area (Å²) in [6, 6.07) is 5.58. The molecule has 0 aromatic heterocycles. The van der Waals surface area contributed by atoms with E-state index in [9.17, 15) is 35.9 Å². The third-order valence-corrected chi connectivity index (χ3v) is 5.64. The van der Waals surface area contributed by atoms with E-state index in [2.05, 4.69) is 0 Å². The van der Waals surface area contributed by atoms with Gasteiger partial charge in [-0.25, -0.2) is 9.59 Å². The number of aliphatic carboxylic acids is 1. The molecule has 37 heavy (non-hydrogen) atoms. The summed E-state index contributed by atoms with van der Waals surface area (Å²) >= 11 is 0. The molecule has 1 aliphatic carbocycles. The first kappa shape index (κ1) is 28.1. The Hall–Kier alpha value is -3.50. The highest BCUT2D eigenvalue weighted by Crippen LogP contribution is 2.40. The smallest absolute Gasteiger partial charge is 0.416 e. The van der Waals surface area contributed by atoms with E-state index in [1.807, 2.05) is 0 Å². The van der Waals surface area contributed by atoms with Gasteiger partial charge in [0.15, 0.2) is 0 Å². The fourth-order valence-corrected chi connectivity index (χ4v) is 4.14. The number of ether oxygens (including phenoxy) is 1. The molecule has 2 aromatic rings. The third kappa shape index (κ3) is 7.27. The topological polar surface area (TPSA) is 66.8 Å². The standard InChI is InChI=1S/C26H25F6NO4/c1-24(2,3)37-23(36)33(14-16-11-18(25(27,28)29)13-19(12-16)26(30,31)32)21-8-6-17-10-15(4-7-20(17)21)5-9-22(34)35/h4-5,7,9-13,21H,6,8,14H2,1-3H3,(H,34,35)/b9-5+. The second-order valence-electron chi connectivity index (χ2n) is 9.71. The molecule has 1 atom stereocenters. The lowest BCUT2D eigenvalue weighted by Gasteiger charge is -2.32. The number of benzene rings is 2. The zero-order chi connectivity index (χ0) is 27.8. The first-order valence-electron chi connectivity index (χ1n) is 11.3. The Morgan fingerprint density at radius 1 is 1.00 bits per heavy atom. The van der Waals surface area contributed by atoms with Gasteiger partial charge in [0, 0.05) is 12.6 Å². The van der Waals surface area contributed by atoms with Crippen LogP contribution in [0.2, 0.25) is 0 Å². The fraction of sp³-hybridized carbons (Fsp3) is 0.385. The van der Waals surface area contributed by atoms with E-state index >= 15 is 0 Å². The van der Waals surface area contributed by atoms with Crippen molar-refractivity contribution in [3.8, 4) is 0 Å². The molecule has 3 rings (SSSR count). The van der Waals surface area contributed by atoms with Crippen molar-refractivity contribution >= 4 is 18.1 Å². The highest BCUT2D eigenvalue weighted by molar-refractivity contribution is 5.85. The normalized spacial score (nSPS) is 16.1. The van der Waals surface area contributed by atoms with Gasteiger partial charge < -0.3 is 9.84 Å². The number of carbonyl (C=O) groups excluding carboxylic acids is 1. The first-order chi connectivity index (χ1) is 16.9. The molecule has 0 heterocycles. The Morgan fingerprint density at radius 2 is 1.59 bits per heavy atom. The van der Waals surface area contributed by atoms with Crippen molar-refractivity contribution in [1.82, 2.24) is 4.90 Å². The van der Waals surface area contributed by atoms with Crippen LogP contribution < -0.4 is 0 Å².